The van der Waals surface area contributed by atoms with E-state index in [0.717, 1.165) is 16.7 Å². The van der Waals surface area contributed by atoms with Crippen molar-refractivity contribution in [3.63, 3.8) is 0 Å². The fourth-order valence-corrected chi connectivity index (χ4v) is 2.46. The highest BCUT2D eigenvalue weighted by Crippen LogP contribution is 2.31. The number of hydrogen-bond acceptors (Lipinski definition) is 1. The van der Waals surface area contributed by atoms with E-state index in [4.69, 9.17) is 4.74 Å². The summed E-state index contributed by atoms with van der Waals surface area (Å²) >= 11 is 0. The van der Waals surface area contributed by atoms with E-state index in [1.54, 1.807) is 0 Å². The van der Waals surface area contributed by atoms with Crippen molar-refractivity contribution < 1.29 is 17.9 Å². The van der Waals surface area contributed by atoms with Crippen LogP contribution in [0.5, 0.6) is 0 Å². The Bertz CT molecular complexity index is 588. The SMILES string of the molecule is CC(C)OC(CCC(F)(F)F)c1ccc(-c2ccccc2)cc1. The zero-order valence-corrected chi connectivity index (χ0v) is 13.3. The van der Waals surface area contributed by atoms with Crippen molar-refractivity contribution in [2.24, 2.45) is 0 Å². The lowest BCUT2D eigenvalue weighted by molar-refractivity contribution is -0.144. The van der Waals surface area contributed by atoms with E-state index < -0.39 is 18.7 Å². The molecule has 1 nitrogen and oxygen atoms in total. The molecule has 0 bridgehead atoms. The largest absolute Gasteiger partial charge is 0.389 e. The summed E-state index contributed by atoms with van der Waals surface area (Å²) in [6.07, 6.45) is -5.73. The minimum absolute atomic E-state index is 0.0631. The first kappa shape index (κ1) is 17.5. The van der Waals surface area contributed by atoms with Crippen LogP contribution < -0.4 is 0 Å². The number of benzene rings is 2. The fraction of sp³-hybridized carbons (Fsp3) is 0.368. The van der Waals surface area contributed by atoms with Crippen LogP contribution in [-0.2, 0) is 4.74 Å². The van der Waals surface area contributed by atoms with Crippen LogP contribution >= 0.6 is 0 Å². The van der Waals surface area contributed by atoms with Gasteiger partial charge in [0.25, 0.3) is 0 Å². The molecule has 0 aliphatic carbocycles. The topological polar surface area (TPSA) is 9.23 Å². The molecule has 0 saturated carbocycles. The zero-order valence-electron chi connectivity index (χ0n) is 13.3. The molecule has 2 aromatic rings. The summed E-state index contributed by atoms with van der Waals surface area (Å²) in [5.74, 6) is 0. The van der Waals surface area contributed by atoms with Gasteiger partial charge in [-0.1, -0.05) is 54.6 Å². The molecule has 0 aliphatic rings. The molecule has 0 N–H and O–H groups in total. The second-order valence-electron chi connectivity index (χ2n) is 5.82. The molecule has 2 aromatic carbocycles. The summed E-state index contributed by atoms with van der Waals surface area (Å²) in [5, 5.41) is 0. The van der Waals surface area contributed by atoms with Gasteiger partial charge >= 0.3 is 6.18 Å². The molecule has 0 radical (unpaired) electrons. The Morgan fingerprint density at radius 2 is 1.43 bits per heavy atom. The van der Waals surface area contributed by atoms with Gasteiger partial charge in [-0.3, -0.25) is 0 Å². The molecular formula is C19H21F3O. The monoisotopic (exact) mass is 322 g/mol. The lowest BCUT2D eigenvalue weighted by atomic mass is 9.99. The standard InChI is InChI=1S/C19H21F3O/c1-14(2)23-18(12-13-19(20,21)22)17-10-8-16(9-11-17)15-6-4-3-5-7-15/h3-11,14,18H,12-13H2,1-2H3. The zero-order chi connectivity index (χ0) is 16.9. The summed E-state index contributed by atoms with van der Waals surface area (Å²) in [5.41, 5.74) is 2.90. The quantitative estimate of drug-likeness (QED) is 0.618. The molecule has 0 saturated heterocycles. The van der Waals surface area contributed by atoms with Crippen molar-refractivity contribution >= 4 is 0 Å². The van der Waals surface area contributed by atoms with E-state index in [2.05, 4.69) is 0 Å². The minimum Gasteiger partial charge on any atom is -0.371 e. The second-order valence-corrected chi connectivity index (χ2v) is 5.82. The van der Waals surface area contributed by atoms with Gasteiger partial charge in [-0.2, -0.15) is 13.2 Å². The highest BCUT2D eigenvalue weighted by atomic mass is 19.4. The average Bonchev–Trinajstić information content (AvgIpc) is 2.51. The number of rotatable bonds is 6. The maximum absolute atomic E-state index is 12.5. The van der Waals surface area contributed by atoms with E-state index >= 15 is 0 Å². The lowest BCUT2D eigenvalue weighted by Gasteiger charge is -2.22. The van der Waals surface area contributed by atoms with Crippen LogP contribution in [0.4, 0.5) is 13.2 Å². The minimum atomic E-state index is -4.16. The molecule has 0 spiro atoms. The summed E-state index contributed by atoms with van der Waals surface area (Å²) in [4.78, 5) is 0. The van der Waals surface area contributed by atoms with Gasteiger partial charge in [0.15, 0.2) is 0 Å². The van der Waals surface area contributed by atoms with Crippen LogP contribution in [0.2, 0.25) is 0 Å². The molecule has 1 atom stereocenters. The van der Waals surface area contributed by atoms with Crippen molar-refractivity contribution in [1.29, 1.82) is 0 Å². The maximum atomic E-state index is 12.5. The Kier molecular flexibility index (Phi) is 5.83. The summed E-state index contributed by atoms with van der Waals surface area (Å²) in [6.45, 7) is 3.66. The van der Waals surface area contributed by atoms with Crippen molar-refractivity contribution in [3.05, 3.63) is 60.2 Å². The molecule has 23 heavy (non-hydrogen) atoms. The molecule has 0 aliphatic heterocycles. The summed E-state index contributed by atoms with van der Waals surface area (Å²) < 4.78 is 43.2. The molecule has 4 heteroatoms. The third kappa shape index (κ3) is 5.71. The Morgan fingerprint density at radius 3 is 1.96 bits per heavy atom. The van der Waals surface area contributed by atoms with Crippen LogP contribution in [0.15, 0.2) is 54.6 Å². The Labute approximate surface area is 135 Å². The van der Waals surface area contributed by atoms with Gasteiger partial charge in [-0.25, -0.2) is 0 Å². The third-order valence-electron chi connectivity index (χ3n) is 3.52. The van der Waals surface area contributed by atoms with E-state index in [0.29, 0.717) is 0 Å². The highest BCUT2D eigenvalue weighted by Gasteiger charge is 2.29. The smallest absolute Gasteiger partial charge is 0.371 e. The van der Waals surface area contributed by atoms with Crippen molar-refractivity contribution in [2.45, 2.75) is 45.1 Å². The number of ether oxygens (including phenoxy) is 1. The molecular weight excluding hydrogens is 301 g/mol. The Morgan fingerprint density at radius 1 is 0.870 bits per heavy atom. The predicted molar refractivity (Wildman–Crippen MR) is 86.1 cm³/mol. The first-order valence-corrected chi connectivity index (χ1v) is 7.73. The number of alkyl halides is 3. The van der Waals surface area contributed by atoms with Crippen LogP contribution in [0.1, 0.15) is 38.4 Å². The van der Waals surface area contributed by atoms with Crippen LogP contribution in [-0.4, -0.2) is 12.3 Å². The van der Waals surface area contributed by atoms with E-state index in [-0.39, 0.29) is 12.5 Å². The van der Waals surface area contributed by atoms with E-state index in [9.17, 15) is 13.2 Å². The fourth-order valence-electron chi connectivity index (χ4n) is 2.46. The normalized spacial score (nSPS) is 13.3. The molecule has 2 rings (SSSR count). The first-order valence-electron chi connectivity index (χ1n) is 7.73. The van der Waals surface area contributed by atoms with Crippen LogP contribution in [0.25, 0.3) is 11.1 Å². The van der Waals surface area contributed by atoms with Crippen LogP contribution in [0, 0.1) is 0 Å². The van der Waals surface area contributed by atoms with Gasteiger partial charge in [0, 0.05) is 6.42 Å². The van der Waals surface area contributed by atoms with Crippen LogP contribution in [0.3, 0.4) is 0 Å². The van der Waals surface area contributed by atoms with Crippen molar-refractivity contribution in [2.75, 3.05) is 0 Å². The van der Waals surface area contributed by atoms with Gasteiger partial charge in [0.05, 0.1) is 12.2 Å². The van der Waals surface area contributed by atoms with Crippen molar-refractivity contribution in [3.8, 4) is 11.1 Å². The Hall–Kier alpha value is -1.81. The van der Waals surface area contributed by atoms with Gasteiger partial charge in [-0.05, 0) is 37.0 Å². The third-order valence-corrected chi connectivity index (χ3v) is 3.52. The number of hydrogen-bond donors (Lipinski definition) is 0. The van der Waals surface area contributed by atoms with Crippen molar-refractivity contribution in [1.82, 2.24) is 0 Å². The molecule has 0 heterocycles. The van der Waals surface area contributed by atoms with Gasteiger partial charge in [0.2, 0.25) is 0 Å². The van der Waals surface area contributed by atoms with E-state index in [1.165, 1.54) is 0 Å². The average molecular weight is 322 g/mol. The summed E-state index contributed by atoms with van der Waals surface area (Å²) in [6, 6.07) is 17.4. The maximum Gasteiger partial charge on any atom is 0.389 e. The first-order chi connectivity index (χ1) is 10.8. The number of halogens is 3. The Balaban J connectivity index is 2.15. The van der Waals surface area contributed by atoms with Gasteiger partial charge in [0.1, 0.15) is 0 Å². The summed E-state index contributed by atoms with van der Waals surface area (Å²) in [7, 11) is 0. The molecule has 1 unspecified atom stereocenters. The predicted octanol–water partition coefficient (Wildman–Crippen LogP) is 6.16. The molecule has 0 fully saturated rings. The molecule has 0 aromatic heterocycles. The molecule has 0 amide bonds. The second kappa shape index (κ2) is 7.64. The highest BCUT2D eigenvalue weighted by molar-refractivity contribution is 5.63. The van der Waals surface area contributed by atoms with Gasteiger partial charge in [-0.15, -0.1) is 0 Å². The van der Waals surface area contributed by atoms with Gasteiger partial charge < -0.3 is 4.74 Å². The lowest BCUT2D eigenvalue weighted by Crippen LogP contribution is -2.15. The molecule has 124 valence electrons. The van der Waals surface area contributed by atoms with E-state index in [1.807, 2.05) is 68.4 Å².